The van der Waals surface area contributed by atoms with Crippen molar-refractivity contribution in [1.82, 2.24) is 14.1 Å². The zero-order valence-corrected chi connectivity index (χ0v) is 13.4. The SMILES string of the molecule is CCOC(=O)Cn1c(=O)n(-c2ccc(C(=O)O)cc2)c2cccnc21. The lowest BCUT2D eigenvalue weighted by molar-refractivity contribution is -0.143. The molecule has 3 aromatic rings. The van der Waals surface area contributed by atoms with Crippen molar-refractivity contribution >= 4 is 23.1 Å². The molecule has 0 aliphatic carbocycles. The van der Waals surface area contributed by atoms with Crippen molar-refractivity contribution in [2.75, 3.05) is 6.61 Å². The van der Waals surface area contributed by atoms with Crippen molar-refractivity contribution in [2.45, 2.75) is 13.5 Å². The number of carboxylic acid groups (broad SMARTS) is 1. The van der Waals surface area contributed by atoms with E-state index in [1.165, 1.54) is 39.6 Å². The molecule has 0 amide bonds. The molecule has 0 spiro atoms. The molecule has 8 nitrogen and oxygen atoms in total. The summed E-state index contributed by atoms with van der Waals surface area (Å²) >= 11 is 0. The predicted molar refractivity (Wildman–Crippen MR) is 88.9 cm³/mol. The van der Waals surface area contributed by atoms with Gasteiger partial charge in [0.25, 0.3) is 0 Å². The molecule has 0 aliphatic rings. The first-order valence-corrected chi connectivity index (χ1v) is 7.58. The number of carboxylic acids is 1. The number of fused-ring (bicyclic) bond motifs is 1. The Morgan fingerprint density at radius 1 is 1.20 bits per heavy atom. The molecule has 2 aromatic heterocycles. The summed E-state index contributed by atoms with van der Waals surface area (Å²) in [4.78, 5) is 39.8. The van der Waals surface area contributed by atoms with Gasteiger partial charge >= 0.3 is 17.6 Å². The summed E-state index contributed by atoms with van der Waals surface area (Å²) < 4.78 is 7.52. The molecule has 0 atom stereocenters. The maximum atomic E-state index is 12.8. The number of ether oxygens (including phenoxy) is 1. The summed E-state index contributed by atoms with van der Waals surface area (Å²) in [6.45, 7) is 1.66. The predicted octanol–water partition coefficient (Wildman–Crippen LogP) is 1.45. The third-order valence-electron chi connectivity index (χ3n) is 3.65. The summed E-state index contributed by atoms with van der Waals surface area (Å²) in [5.74, 6) is -1.58. The van der Waals surface area contributed by atoms with Crippen LogP contribution in [0.25, 0.3) is 16.9 Å². The Hall–Kier alpha value is -3.42. The first-order chi connectivity index (χ1) is 12.0. The van der Waals surface area contributed by atoms with Gasteiger partial charge in [-0.1, -0.05) is 0 Å². The molecule has 25 heavy (non-hydrogen) atoms. The molecule has 8 heteroatoms. The Labute approximate surface area is 141 Å². The molecule has 0 saturated heterocycles. The lowest BCUT2D eigenvalue weighted by atomic mass is 10.2. The third kappa shape index (κ3) is 3.01. The Morgan fingerprint density at radius 2 is 1.92 bits per heavy atom. The van der Waals surface area contributed by atoms with E-state index in [2.05, 4.69) is 4.98 Å². The van der Waals surface area contributed by atoms with Crippen molar-refractivity contribution in [3.05, 3.63) is 58.6 Å². The lowest BCUT2D eigenvalue weighted by Crippen LogP contribution is -2.27. The number of rotatable bonds is 5. The molecule has 0 radical (unpaired) electrons. The van der Waals surface area contributed by atoms with Crippen LogP contribution in [0.5, 0.6) is 0 Å². The minimum absolute atomic E-state index is 0.116. The number of aromatic carboxylic acids is 1. The summed E-state index contributed by atoms with van der Waals surface area (Å²) in [7, 11) is 0. The number of hydrogen-bond acceptors (Lipinski definition) is 5. The summed E-state index contributed by atoms with van der Waals surface area (Å²) in [5, 5.41) is 8.99. The highest BCUT2D eigenvalue weighted by molar-refractivity contribution is 5.88. The van der Waals surface area contributed by atoms with E-state index < -0.39 is 17.6 Å². The van der Waals surface area contributed by atoms with Crippen LogP contribution in [-0.4, -0.2) is 37.8 Å². The minimum atomic E-state index is -1.05. The van der Waals surface area contributed by atoms with E-state index in [1.54, 1.807) is 19.1 Å². The van der Waals surface area contributed by atoms with Crippen LogP contribution in [0.15, 0.2) is 47.4 Å². The quantitative estimate of drug-likeness (QED) is 0.705. The van der Waals surface area contributed by atoms with Crippen molar-refractivity contribution in [3.63, 3.8) is 0 Å². The molecule has 1 N–H and O–H groups in total. The largest absolute Gasteiger partial charge is 0.478 e. The van der Waals surface area contributed by atoms with Gasteiger partial charge in [-0.2, -0.15) is 0 Å². The van der Waals surface area contributed by atoms with E-state index in [4.69, 9.17) is 9.84 Å². The molecular weight excluding hydrogens is 326 g/mol. The monoisotopic (exact) mass is 341 g/mol. The highest BCUT2D eigenvalue weighted by Gasteiger charge is 2.18. The van der Waals surface area contributed by atoms with Gasteiger partial charge in [-0.25, -0.2) is 14.6 Å². The van der Waals surface area contributed by atoms with E-state index in [0.717, 1.165) is 0 Å². The Morgan fingerprint density at radius 3 is 2.56 bits per heavy atom. The van der Waals surface area contributed by atoms with Gasteiger partial charge < -0.3 is 9.84 Å². The van der Waals surface area contributed by atoms with Gasteiger partial charge in [0.2, 0.25) is 0 Å². The van der Waals surface area contributed by atoms with Gasteiger partial charge in [-0.15, -0.1) is 0 Å². The van der Waals surface area contributed by atoms with Gasteiger partial charge in [0.1, 0.15) is 6.54 Å². The van der Waals surface area contributed by atoms with Crippen molar-refractivity contribution in [3.8, 4) is 5.69 Å². The highest BCUT2D eigenvalue weighted by atomic mass is 16.5. The van der Waals surface area contributed by atoms with Crippen molar-refractivity contribution in [2.24, 2.45) is 0 Å². The van der Waals surface area contributed by atoms with Crippen LogP contribution in [0.4, 0.5) is 0 Å². The maximum absolute atomic E-state index is 12.8. The van der Waals surface area contributed by atoms with Gasteiger partial charge in [-0.05, 0) is 43.3 Å². The number of carbonyl (C=O) groups is 2. The average molecular weight is 341 g/mol. The van der Waals surface area contributed by atoms with Crippen LogP contribution in [0, 0.1) is 0 Å². The topological polar surface area (TPSA) is 103 Å². The van der Waals surface area contributed by atoms with E-state index in [-0.39, 0.29) is 18.7 Å². The van der Waals surface area contributed by atoms with Gasteiger partial charge in [0.05, 0.1) is 23.4 Å². The second kappa shape index (κ2) is 6.60. The van der Waals surface area contributed by atoms with Crippen LogP contribution in [0.1, 0.15) is 17.3 Å². The number of esters is 1. The molecule has 0 bridgehead atoms. The molecule has 128 valence electrons. The van der Waals surface area contributed by atoms with Gasteiger partial charge in [-0.3, -0.25) is 13.9 Å². The minimum Gasteiger partial charge on any atom is -0.478 e. The number of hydrogen-bond donors (Lipinski definition) is 1. The maximum Gasteiger partial charge on any atom is 0.335 e. The van der Waals surface area contributed by atoms with Gasteiger partial charge in [0, 0.05) is 6.20 Å². The smallest absolute Gasteiger partial charge is 0.335 e. The first kappa shape index (κ1) is 16.4. The molecule has 0 aliphatic heterocycles. The fourth-order valence-electron chi connectivity index (χ4n) is 2.57. The van der Waals surface area contributed by atoms with Crippen molar-refractivity contribution in [1.29, 1.82) is 0 Å². The number of pyridine rings is 1. The number of nitrogens with zero attached hydrogens (tertiary/aromatic N) is 3. The second-order valence-electron chi connectivity index (χ2n) is 5.21. The summed E-state index contributed by atoms with van der Waals surface area (Å²) in [6, 6.07) is 9.27. The normalized spacial score (nSPS) is 10.8. The molecule has 2 heterocycles. The zero-order chi connectivity index (χ0) is 18.0. The zero-order valence-electron chi connectivity index (χ0n) is 13.4. The van der Waals surface area contributed by atoms with Crippen LogP contribution in [0.2, 0.25) is 0 Å². The first-order valence-electron chi connectivity index (χ1n) is 7.58. The molecule has 1 aromatic carbocycles. The van der Waals surface area contributed by atoms with Crippen LogP contribution in [0.3, 0.4) is 0 Å². The molecule has 0 saturated carbocycles. The Kier molecular flexibility index (Phi) is 4.34. The number of carbonyl (C=O) groups excluding carboxylic acids is 1. The summed E-state index contributed by atoms with van der Waals surface area (Å²) in [5.41, 5.74) is 1.01. The Bertz CT molecular complexity index is 1000. The van der Waals surface area contributed by atoms with E-state index in [9.17, 15) is 14.4 Å². The average Bonchev–Trinajstić information content (AvgIpc) is 2.87. The van der Waals surface area contributed by atoms with E-state index in [0.29, 0.717) is 16.9 Å². The van der Waals surface area contributed by atoms with E-state index >= 15 is 0 Å². The fraction of sp³-hybridized carbons (Fsp3) is 0.176. The second-order valence-corrected chi connectivity index (χ2v) is 5.21. The van der Waals surface area contributed by atoms with Crippen LogP contribution >= 0.6 is 0 Å². The van der Waals surface area contributed by atoms with Crippen LogP contribution in [-0.2, 0) is 16.1 Å². The standard InChI is InChI=1S/C17H15N3O5/c1-2-25-14(21)10-19-15-13(4-3-9-18-15)20(17(19)24)12-7-5-11(6-8-12)16(22)23/h3-9H,2,10H2,1H3,(H,22,23). The number of aromatic nitrogens is 3. The third-order valence-corrected chi connectivity index (χ3v) is 3.65. The highest BCUT2D eigenvalue weighted by Crippen LogP contribution is 2.16. The summed E-state index contributed by atoms with van der Waals surface area (Å²) in [6.07, 6.45) is 1.53. The number of benzene rings is 1. The molecular formula is C17H15N3O5. The lowest BCUT2D eigenvalue weighted by Gasteiger charge is -2.03. The fourth-order valence-corrected chi connectivity index (χ4v) is 2.57. The van der Waals surface area contributed by atoms with Crippen LogP contribution < -0.4 is 5.69 Å². The molecule has 0 unspecified atom stereocenters. The Balaban J connectivity index is 2.15. The van der Waals surface area contributed by atoms with Gasteiger partial charge in [0.15, 0.2) is 5.65 Å². The number of imidazole rings is 1. The van der Waals surface area contributed by atoms with E-state index in [1.807, 2.05) is 0 Å². The van der Waals surface area contributed by atoms with Crippen molar-refractivity contribution < 1.29 is 19.4 Å². The molecule has 0 fully saturated rings. The molecule has 3 rings (SSSR count).